The Hall–Kier alpha value is -4.63. The van der Waals surface area contributed by atoms with Crippen molar-refractivity contribution in [3.05, 3.63) is 99.8 Å². The quantitative estimate of drug-likeness (QED) is 0.157. The molecular formula is C28H19ClF6N6O3. The minimum absolute atomic E-state index is 0.00601. The van der Waals surface area contributed by atoms with E-state index < -0.39 is 52.7 Å². The van der Waals surface area contributed by atoms with Gasteiger partial charge in [0.05, 0.1) is 28.3 Å². The Bertz CT molecular complexity index is 1810. The lowest BCUT2D eigenvalue weighted by Crippen LogP contribution is -2.21. The van der Waals surface area contributed by atoms with Crippen LogP contribution in [0.25, 0.3) is 22.6 Å². The third kappa shape index (κ3) is 6.05. The fraction of sp³-hybridized carbons (Fsp3) is 0.214. The van der Waals surface area contributed by atoms with Crippen molar-refractivity contribution in [1.29, 1.82) is 0 Å². The molecule has 0 spiro atoms. The molecule has 5 aromatic rings. The highest BCUT2D eigenvalue weighted by Gasteiger charge is 2.38. The smallest absolute Gasteiger partial charge is 0.384 e. The largest absolute Gasteiger partial charge is 0.416 e. The summed E-state index contributed by atoms with van der Waals surface area (Å²) in [7, 11) is 0. The van der Waals surface area contributed by atoms with Gasteiger partial charge in [-0.1, -0.05) is 34.1 Å². The number of carbonyl (C=O) groups excluding carboxylic acids is 1. The molecule has 16 heteroatoms. The van der Waals surface area contributed by atoms with E-state index in [0.717, 1.165) is 4.68 Å². The van der Waals surface area contributed by atoms with Crippen molar-refractivity contribution in [3.8, 4) is 22.6 Å². The first kappa shape index (κ1) is 30.8. The third-order valence-electron chi connectivity index (χ3n) is 6.38. The van der Waals surface area contributed by atoms with Gasteiger partial charge in [0.2, 0.25) is 5.78 Å². The zero-order valence-corrected chi connectivity index (χ0v) is 23.3. The number of aromatic nitrogens is 6. The molecule has 0 aliphatic carbocycles. The second kappa shape index (κ2) is 11.1. The van der Waals surface area contributed by atoms with Gasteiger partial charge in [-0.2, -0.15) is 26.3 Å². The number of nitrogens with zero attached hydrogens (tertiary/aromatic N) is 6. The number of ketones is 1. The molecule has 3 heterocycles. The van der Waals surface area contributed by atoms with Crippen molar-refractivity contribution >= 4 is 17.4 Å². The van der Waals surface area contributed by atoms with Crippen molar-refractivity contribution in [2.24, 2.45) is 0 Å². The monoisotopic (exact) mass is 636 g/mol. The van der Waals surface area contributed by atoms with Crippen LogP contribution in [0.2, 0.25) is 5.02 Å². The maximum Gasteiger partial charge on any atom is 0.416 e. The van der Waals surface area contributed by atoms with E-state index in [1.54, 1.807) is 18.2 Å². The summed E-state index contributed by atoms with van der Waals surface area (Å²) in [5, 5.41) is 22.7. The number of hydrogen-bond acceptors (Lipinski definition) is 8. The minimum atomic E-state index is -5.08. The van der Waals surface area contributed by atoms with Gasteiger partial charge in [-0.15, -0.1) is 5.10 Å². The van der Waals surface area contributed by atoms with Crippen molar-refractivity contribution in [2.45, 2.75) is 38.3 Å². The maximum absolute atomic E-state index is 14.2. The van der Waals surface area contributed by atoms with Crippen molar-refractivity contribution in [1.82, 2.24) is 30.1 Å². The molecule has 228 valence electrons. The molecule has 44 heavy (non-hydrogen) atoms. The average molecular weight is 637 g/mol. The van der Waals surface area contributed by atoms with E-state index in [-0.39, 0.29) is 44.9 Å². The zero-order valence-electron chi connectivity index (χ0n) is 22.6. The van der Waals surface area contributed by atoms with Crippen molar-refractivity contribution in [3.63, 3.8) is 0 Å². The molecule has 0 saturated carbocycles. The van der Waals surface area contributed by atoms with Crippen molar-refractivity contribution < 1.29 is 40.8 Å². The zero-order chi connectivity index (χ0) is 32.0. The standard InChI is InChI=1S/C28H19ClF6N6O3/c1-26(2,43)25-20(24(44-39-25)18-5-3-4-6-19(18)29)23(42)21-22(15-10-36-13-37-11-15)41(40-38-21)12-14-7-16(27(30,31)32)9-17(8-14)28(33,34)35/h3-11,13,43H,12H2,1-2H3. The summed E-state index contributed by atoms with van der Waals surface area (Å²) < 4.78 is 87.5. The second-order valence-corrected chi connectivity index (χ2v) is 10.5. The third-order valence-corrected chi connectivity index (χ3v) is 6.71. The molecule has 0 aliphatic rings. The van der Waals surface area contributed by atoms with Gasteiger partial charge in [0, 0.05) is 23.5 Å². The molecule has 0 aliphatic heterocycles. The van der Waals surface area contributed by atoms with Gasteiger partial charge in [-0.05, 0) is 49.7 Å². The maximum atomic E-state index is 14.2. The Morgan fingerprint density at radius 2 is 1.59 bits per heavy atom. The van der Waals surface area contributed by atoms with Crippen LogP contribution in [0.5, 0.6) is 0 Å². The number of benzene rings is 2. The average Bonchev–Trinajstić information content (AvgIpc) is 3.57. The van der Waals surface area contributed by atoms with Gasteiger partial charge in [0.25, 0.3) is 0 Å². The molecule has 5 rings (SSSR count). The molecule has 3 aromatic heterocycles. The van der Waals surface area contributed by atoms with Gasteiger partial charge in [0.1, 0.15) is 23.3 Å². The normalized spacial score (nSPS) is 12.5. The van der Waals surface area contributed by atoms with E-state index in [2.05, 4.69) is 25.4 Å². The summed E-state index contributed by atoms with van der Waals surface area (Å²) in [4.78, 5) is 22.0. The van der Waals surface area contributed by atoms with Crippen LogP contribution in [-0.4, -0.2) is 41.0 Å². The van der Waals surface area contributed by atoms with Crippen LogP contribution in [-0.2, 0) is 24.5 Å². The lowest BCUT2D eigenvalue weighted by Gasteiger charge is -2.16. The fourth-order valence-electron chi connectivity index (χ4n) is 4.43. The van der Waals surface area contributed by atoms with Gasteiger partial charge in [-0.25, -0.2) is 14.6 Å². The summed E-state index contributed by atoms with van der Waals surface area (Å²) in [6.45, 7) is 2.05. The molecule has 2 aromatic carbocycles. The van der Waals surface area contributed by atoms with Crippen LogP contribution >= 0.6 is 11.6 Å². The first-order chi connectivity index (χ1) is 20.6. The summed E-state index contributed by atoms with van der Waals surface area (Å²) in [5.41, 5.74) is -5.77. The molecule has 0 unspecified atom stereocenters. The van der Waals surface area contributed by atoms with E-state index in [4.69, 9.17) is 16.1 Å². The SMILES string of the molecule is CC(C)(O)c1noc(-c2ccccc2Cl)c1C(=O)c1nnn(Cc2cc(C(F)(F)F)cc(C(F)(F)F)c2)c1-c1cncnc1. The lowest BCUT2D eigenvalue weighted by molar-refractivity contribution is -0.143. The number of hydrogen-bond donors (Lipinski definition) is 1. The molecule has 0 radical (unpaired) electrons. The Morgan fingerprint density at radius 1 is 0.977 bits per heavy atom. The summed E-state index contributed by atoms with van der Waals surface area (Å²) in [5.74, 6) is -1.00. The highest BCUT2D eigenvalue weighted by molar-refractivity contribution is 6.33. The van der Waals surface area contributed by atoms with E-state index in [1.807, 2.05) is 0 Å². The molecular weight excluding hydrogens is 618 g/mol. The lowest BCUT2D eigenvalue weighted by atomic mass is 9.93. The van der Waals surface area contributed by atoms with Gasteiger partial charge >= 0.3 is 12.4 Å². The van der Waals surface area contributed by atoms with E-state index >= 15 is 0 Å². The van der Waals surface area contributed by atoms with Gasteiger partial charge in [0.15, 0.2) is 11.5 Å². The topological polar surface area (TPSA) is 120 Å². The summed E-state index contributed by atoms with van der Waals surface area (Å²) in [6, 6.07) is 7.43. The van der Waals surface area contributed by atoms with Gasteiger partial charge < -0.3 is 9.63 Å². The van der Waals surface area contributed by atoms with Crippen LogP contribution in [0.1, 0.15) is 52.3 Å². The molecule has 0 fully saturated rings. The van der Waals surface area contributed by atoms with Crippen LogP contribution in [0.15, 0.2) is 65.7 Å². The number of halogens is 7. The second-order valence-electron chi connectivity index (χ2n) is 10.1. The fourth-order valence-corrected chi connectivity index (χ4v) is 4.65. The molecule has 0 saturated heterocycles. The number of rotatable bonds is 7. The first-order valence-electron chi connectivity index (χ1n) is 12.5. The molecule has 0 amide bonds. The molecule has 9 nitrogen and oxygen atoms in total. The Labute approximate surface area is 249 Å². The summed E-state index contributed by atoms with van der Waals surface area (Å²) >= 11 is 6.35. The van der Waals surface area contributed by atoms with E-state index in [9.17, 15) is 36.2 Å². The Kier molecular flexibility index (Phi) is 7.80. The molecule has 1 N–H and O–H groups in total. The van der Waals surface area contributed by atoms with Crippen LogP contribution in [0.4, 0.5) is 26.3 Å². The van der Waals surface area contributed by atoms with Crippen LogP contribution in [0.3, 0.4) is 0 Å². The predicted molar refractivity (Wildman–Crippen MR) is 142 cm³/mol. The predicted octanol–water partition coefficient (Wildman–Crippen LogP) is 6.59. The molecule has 0 atom stereocenters. The first-order valence-corrected chi connectivity index (χ1v) is 12.9. The van der Waals surface area contributed by atoms with Crippen molar-refractivity contribution in [2.75, 3.05) is 0 Å². The number of carbonyl (C=O) groups is 1. The highest BCUT2D eigenvalue weighted by Crippen LogP contribution is 2.39. The Balaban J connectivity index is 1.70. The Morgan fingerprint density at radius 3 is 2.16 bits per heavy atom. The van der Waals surface area contributed by atoms with Crippen LogP contribution in [0, 0.1) is 0 Å². The number of aliphatic hydroxyl groups is 1. The van der Waals surface area contributed by atoms with E-state index in [1.165, 1.54) is 38.6 Å². The van der Waals surface area contributed by atoms with E-state index in [0.29, 0.717) is 12.1 Å². The summed E-state index contributed by atoms with van der Waals surface area (Å²) in [6.07, 6.45) is -6.47. The van der Waals surface area contributed by atoms with Crippen LogP contribution < -0.4 is 0 Å². The van der Waals surface area contributed by atoms with Gasteiger partial charge in [-0.3, -0.25) is 4.79 Å². The molecule has 0 bridgehead atoms. The minimum Gasteiger partial charge on any atom is -0.384 e. The highest BCUT2D eigenvalue weighted by atomic mass is 35.5. The number of alkyl halides is 6.